The first-order valence-electron chi connectivity index (χ1n) is 3.76. The zero-order chi connectivity index (χ0) is 13.4. The minimum Gasteiger partial charge on any atom is -0.202 e. The van der Waals surface area contributed by atoms with Crippen molar-refractivity contribution in [2.45, 2.75) is 6.18 Å². The van der Waals surface area contributed by atoms with Gasteiger partial charge in [0.15, 0.2) is 23.3 Å². The van der Waals surface area contributed by atoms with E-state index in [2.05, 4.69) is 0 Å². The first kappa shape index (κ1) is 13.3. The third-order valence-electron chi connectivity index (χ3n) is 1.54. The van der Waals surface area contributed by atoms with E-state index in [4.69, 9.17) is 0 Å². The van der Waals surface area contributed by atoms with E-state index < -0.39 is 40.8 Å². The van der Waals surface area contributed by atoms with E-state index in [1.807, 2.05) is 0 Å². The molecule has 0 radical (unpaired) electrons. The van der Waals surface area contributed by atoms with E-state index >= 15 is 0 Å². The quantitative estimate of drug-likeness (QED) is 0.290. The van der Waals surface area contributed by atoms with Crippen molar-refractivity contribution in [3.8, 4) is 11.8 Å². The van der Waals surface area contributed by atoms with Gasteiger partial charge in [-0.05, 0) is 0 Å². The molecular weight excluding hydrogens is 260 g/mol. The third-order valence-corrected chi connectivity index (χ3v) is 1.54. The Kier molecular flexibility index (Phi) is 3.31. The third kappa shape index (κ3) is 2.67. The predicted molar refractivity (Wildman–Crippen MR) is 39.2 cm³/mol. The van der Waals surface area contributed by atoms with Gasteiger partial charge in [-0.15, -0.1) is 0 Å². The summed E-state index contributed by atoms with van der Waals surface area (Å²) in [4.78, 5) is 0. The zero-order valence-electron chi connectivity index (χ0n) is 7.52. The highest BCUT2D eigenvalue weighted by molar-refractivity contribution is 5.39. The molecule has 0 saturated heterocycles. The van der Waals surface area contributed by atoms with E-state index in [0.717, 1.165) is 5.92 Å². The van der Waals surface area contributed by atoms with E-state index in [9.17, 15) is 35.1 Å². The van der Waals surface area contributed by atoms with Crippen LogP contribution in [0.1, 0.15) is 5.56 Å². The van der Waals surface area contributed by atoms with Crippen molar-refractivity contribution < 1.29 is 35.1 Å². The number of rotatable bonds is 0. The smallest absolute Gasteiger partial charge is 0.202 e. The topological polar surface area (TPSA) is 0 Å². The molecule has 0 fully saturated rings. The molecule has 8 heteroatoms. The van der Waals surface area contributed by atoms with Crippen LogP contribution in [0.15, 0.2) is 0 Å². The Labute approximate surface area is 88.8 Å². The molecular formula is C9F8. The molecule has 0 bridgehead atoms. The van der Waals surface area contributed by atoms with E-state index in [-0.39, 0.29) is 0 Å². The molecule has 0 aromatic heterocycles. The Bertz CT molecular complexity index is 488. The van der Waals surface area contributed by atoms with Gasteiger partial charge >= 0.3 is 6.18 Å². The summed E-state index contributed by atoms with van der Waals surface area (Å²) < 4.78 is 97.9. The average Bonchev–Trinajstić information content (AvgIpc) is 2.22. The molecule has 0 atom stereocenters. The van der Waals surface area contributed by atoms with Crippen LogP contribution in [0.4, 0.5) is 35.1 Å². The summed E-state index contributed by atoms with van der Waals surface area (Å²) in [6, 6.07) is 0. The monoisotopic (exact) mass is 260 g/mol. The average molecular weight is 260 g/mol. The Morgan fingerprint density at radius 1 is 0.647 bits per heavy atom. The highest BCUT2D eigenvalue weighted by Crippen LogP contribution is 2.22. The minimum atomic E-state index is -5.11. The van der Waals surface area contributed by atoms with Crippen LogP contribution < -0.4 is 0 Å². The molecule has 17 heavy (non-hydrogen) atoms. The fourth-order valence-corrected chi connectivity index (χ4v) is 0.848. The standard InChI is InChI=1S/C9F8/c10-4-3(1-2-9(15,16)17)5(11)7(13)8(14)6(4)12. The first-order chi connectivity index (χ1) is 7.65. The van der Waals surface area contributed by atoms with Gasteiger partial charge in [0.05, 0.1) is 0 Å². The number of hydrogen-bond donors (Lipinski definition) is 0. The molecule has 0 aliphatic heterocycles. The number of hydrogen-bond acceptors (Lipinski definition) is 0. The summed E-state index contributed by atoms with van der Waals surface area (Å²) in [7, 11) is 0. The van der Waals surface area contributed by atoms with Crippen molar-refractivity contribution in [2.75, 3.05) is 0 Å². The largest absolute Gasteiger partial charge is 0.458 e. The summed E-state index contributed by atoms with van der Waals surface area (Å²) in [5, 5.41) is 0. The van der Waals surface area contributed by atoms with Crippen molar-refractivity contribution in [1.29, 1.82) is 0 Å². The summed E-state index contributed by atoms with van der Waals surface area (Å²) in [5.74, 6) is -10.7. The molecule has 0 spiro atoms. The zero-order valence-corrected chi connectivity index (χ0v) is 7.52. The molecule has 0 nitrogen and oxygen atoms in total. The highest BCUT2D eigenvalue weighted by atomic mass is 19.4. The highest BCUT2D eigenvalue weighted by Gasteiger charge is 2.27. The van der Waals surface area contributed by atoms with Crippen LogP contribution in [0, 0.1) is 40.9 Å². The molecule has 0 unspecified atom stereocenters. The second-order valence-corrected chi connectivity index (χ2v) is 2.69. The Balaban J connectivity index is 3.49. The Hall–Kier alpha value is -1.78. The summed E-state index contributed by atoms with van der Waals surface area (Å²) in [5.41, 5.74) is -1.82. The maximum Gasteiger partial charge on any atom is 0.458 e. The molecule has 92 valence electrons. The second-order valence-electron chi connectivity index (χ2n) is 2.69. The van der Waals surface area contributed by atoms with Gasteiger partial charge in [-0.25, -0.2) is 22.0 Å². The van der Waals surface area contributed by atoms with Crippen LogP contribution in [0.2, 0.25) is 0 Å². The maximum atomic E-state index is 12.8. The van der Waals surface area contributed by atoms with Gasteiger partial charge in [0.2, 0.25) is 5.82 Å². The van der Waals surface area contributed by atoms with Crippen LogP contribution in [0.25, 0.3) is 0 Å². The van der Waals surface area contributed by atoms with Crippen LogP contribution in [-0.4, -0.2) is 6.18 Å². The fourth-order valence-electron chi connectivity index (χ4n) is 0.848. The molecule has 1 aromatic carbocycles. The molecule has 1 rings (SSSR count). The van der Waals surface area contributed by atoms with Crippen LogP contribution in [0.5, 0.6) is 0 Å². The Morgan fingerprint density at radius 3 is 1.35 bits per heavy atom. The summed E-state index contributed by atoms with van der Waals surface area (Å²) in [6.07, 6.45) is -5.11. The van der Waals surface area contributed by atoms with Crippen molar-refractivity contribution in [3.63, 3.8) is 0 Å². The van der Waals surface area contributed by atoms with Gasteiger partial charge < -0.3 is 0 Å². The molecule has 0 N–H and O–H groups in total. The summed E-state index contributed by atoms with van der Waals surface area (Å²) in [6.45, 7) is 0. The van der Waals surface area contributed by atoms with Crippen molar-refractivity contribution in [3.05, 3.63) is 34.6 Å². The van der Waals surface area contributed by atoms with E-state index in [1.54, 1.807) is 0 Å². The predicted octanol–water partition coefficient (Wildman–Crippen LogP) is 3.30. The molecule has 1 aromatic rings. The van der Waals surface area contributed by atoms with Gasteiger partial charge in [0.1, 0.15) is 5.56 Å². The molecule has 0 amide bonds. The van der Waals surface area contributed by atoms with Gasteiger partial charge in [-0.3, -0.25) is 0 Å². The van der Waals surface area contributed by atoms with Gasteiger partial charge in [-0.2, -0.15) is 13.2 Å². The van der Waals surface area contributed by atoms with Crippen molar-refractivity contribution >= 4 is 0 Å². The lowest BCUT2D eigenvalue weighted by Gasteiger charge is -2.02. The van der Waals surface area contributed by atoms with Gasteiger partial charge in [-0.1, -0.05) is 5.92 Å². The van der Waals surface area contributed by atoms with Crippen molar-refractivity contribution in [2.24, 2.45) is 0 Å². The molecule has 0 heterocycles. The second kappa shape index (κ2) is 4.24. The number of benzene rings is 1. The lowest BCUT2D eigenvalue weighted by atomic mass is 10.1. The van der Waals surface area contributed by atoms with Crippen LogP contribution >= 0.6 is 0 Å². The van der Waals surface area contributed by atoms with Crippen LogP contribution in [0.3, 0.4) is 0 Å². The van der Waals surface area contributed by atoms with Crippen LogP contribution in [-0.2, 0) is 0 Å². The minimum absolute atomic E-state index is 0.408. The molecule has 0 saturated carbocycles. The lowest BCUT2D eigenvalue weighted by Crippen LogP contribution is -2.06. The van der Waals surface area contributed by atoms with E-state index in [0.29, 0.717) is 5.92 Å². The van der Waals surface area contributed by atoms with Crippen molar-refractivity contribution in [1.82, 2.24) is 0 Å². The molecule has 0 aliphatic rings. The van der Waals surface area contributed by atoms with Gasteiger partial charge in [0.25, 0.3) is 0 Å². The fraction of sp³-hybridized carbons (Fsp3) is 0.111. The number of alkyl halides is 3. The normalized spacial score (nSPS) is 11.1. The Morgan fingerprint density at radius 2 is 1.00 bits per heavy atom. The number of halogens is 8. The first-order valence-corrected chi connectivity index (χ1v) is 3.76. The summed E-state index contributed by atoms with van der Waals surface area (Å²) >= 11 is 0. The SMILES string of the molecule is Fc1c(F)c(F)c(C#CC(F)(F)F)c(F)c1F. The maximum absolute atomic E-state index is 12.8. The van der Waals surface area contributed by atoms with Gasteiger partial charge in [0, 0.05) is 5.92 Å². The van der Waals surface area contributed by atoms with E-state index in [1.165, 1.54) is 0 Å². The lowest BCUT2D eigenvalue weighted by molar-refractivity contribution is -0.0696. The molecule has 0 aliphatic carbocycles.